The van der Waals surface area contributed by atoms with Gasteiger partial charge in [-0.2, -0.15) is 0 Å². The Labute approximate surface area is 488 Å². The first kappa shape index (κ1) is 72.7. The molecule has 3 aromatic rings. The number of nitrogens with zero attached hydrogens (tertiary/aromatic N) is 2. The standard InChI is InChI=1S/C19H25NO5.C13H15NO3.C10H11NO2.C9H16O4.C7H14O2.C3H5ClO/c1-13(10-16(21)25-19(2,3)4)17(22)20-15(12-24-18(20)23)11-14-8-6-5-7-9-14;1-2-12(15)14-11(9-17-13(14)16)8-10-6-4-3-5-7-10;12-10-11-9(7-13-10)6-8-4-2-1-3-5-8;1-6(8(11)12)5-7(10)13-9(2,3)4;1-5-6(8)9-7(2,3)4;1-2-3(4)5/h5-9,13,15H,10-12H2,1-4H3;3-7,11H,2,8-9H2,1H3;1-5,9H,6-7H2,(H,11,12);6H,5H2,1-4H3,(H,11,12);5H2,1-4H3;2H2,1H3/t13-,15+;11-;9-;6-;;/m1001../s1. The molecule has 3 fully saturated rings. The Hall–Kier alpha value is -7.35. The molecular formula is C61H86ClN3O17. The number of nitrogens with one attached hydrogen (secondary N) is 1. The monoisotopic (exact) mass is 1170 g/mol. The van der Waals surface area contributed by atoms with E-state index in [9.17, 15) is 47.9 Å². The third kappa shape index (κ3) is 31.6. The molecule has 82 heavy (non-hydrogen) atoms. The van der Waals surface area contributed by atoms with E-state index in [1.165, 1.54) is 17.4 Å². The van der Waals surface area contributed by atoms with Gasteiger partial charge in [0.15, 0.2) is 0 Å². The molecule has 21 heteroatoms. The summed E-state index contributed by atoms with van der Waals surface area (Å²) < 4.78 is 29.9. The molecule has 3 aromatic carbocycles. The molecule has 0 aliphatic carbocycles. The van der Waals surface area contributed by atoms with Gasteiger partial charge in [-0.05, 0) is 110 Å². The molecule has 0 radical (unpaired) electrons. The molecule has 6 rings (SSSR count). The highest BCUT2D eigenvalue weighted by atomic mass is 35.5. The third-order valence-corrected chi connectivity index (χ3v) is 11.3. The number of imide groups is 2. The van der Waals surface area contributed by atoms with Crippen LogP contribution in [0.4, 0.5) is 14.4 Å². The summed E-state index contributed by atoms with van der Waals surface area (Å²) in [5.74, 6) is -3.97. The lowest BCUT2D eigenvalue weighted by Crippen LogP contribution is -2.43. The first-order valence-corrected chi connectivity index (χ1v) is 27.7. The van der Waals surface area contributed by atoms with Crippen molar-refractivity contribution < 1.29 is 81.5 Å². The Morgan fingerprint density at radius 2 is 0.915 bits per heavy atom. The van der Waals surface area contributed by atoms with Crippen molar-refractivity contribution >= 4 is 70.8 Å². The fraction of sp³-hybridized carbons (Fsp3) is 0.541. The van der Waals surface area contributed by atoms with Crippen molar-refractivity contribution in [2.24, 2.45) is 11.8 Å². The van der Waals surface area contributed by atoms with E-state index in [0.29, 0.717) is 45.3 Å². The van der Waals surface area contributed by atoms with Gasteiger partial charge >= 0.3 is 42.2 Å². The van der Waals surface area contributed by atoms with Crippen molar-refractivity contribution in [3.8, 4) is 0 Å². The van der Waals surface area contributed by atoms with E-state index >= 15 is 0 Å². The average Bonchev–Trinajstić information content (AvgIpc) is 4.12. The minimum atomic E-state index is -0.981. The topological polar surface area (TPSA) is 265 Å². The number of halogens is 1. The van der Waals surface area contributed by atoms with Crippen LogP contribution in [-0.4, -0.2) is 129 Å². The quantitative estimate of drug-likeness (QED) is 0.0814. The molecular weight excluding hydrogens is 1080 g/mol. The number of hydrogen-bond acceptors (Lipinski definition) is 16. The normalized spacial score (nSPS) is 16.8. The smallest absolute Gasteiger partial charge is 0.416 e. The van der Waals surface area contributed by atoms with Gasteiger partial charge in [-0.25, -0.2) is 24.2 Å². The second kappa shape index (κ2) is 36.2. The van der Waals surface area contributed by atoms with Gasteiger partial charge in [0.2, 0.25) is 17.1 Å². The lowest BCUT2D eigenvalue weighted by molar-refractivity contribution is -0.159. The predicted molar refractivity (Wildman–Crippen MR) is 307 cm³/mol. The Morgan fingerprint density at radius 1 is 0.549 bits per heavy atom. The molecule has 3 aliphatic rings. The van der Waals surface area contributed by atoms with Crippen LogP contribution in [0.25, 0.3) is 0 Å². The Kier molecular flexibility index (Phi) is 32.1. The average molecular weight is 1170 g/mol. The second-order valence-electron chi connectivity index (χ2n) is 22.2. The van der Waals surface area contributed by atoms with Crippen molar-refractivity contribution in [2.75, 3.05) is 19.8 Å². The molecule has 3 heterocycles. The van der Waals surface area contributed by atoms with Crippen LogP contribution in [0, 0.1) is 11.8 Å². The van der Waals surface area contributed by atoms with E-state index in [1.54, 1.807) is 69.2 Å². The molecule has 0 saturated carbocycles. The lowest BCUT2D eigenvalue weighted by Gasteiger charge is -2.24. The number of cyclic esters (lactones) is 3. The van der Waals surface area contributed by atoms with E-state index in [-0.39, 0.29) is 66.4 Å². The maximum atomic E-state index is 12.7. The highest BCUT2D eigenvalue weighted by Crippen LogP contribution is 2.23. The van der Waals surface area contributed by atoms with Crippen molar-refractivity contribution in [3.63, 3.8) is 0 Å². The Balaban J connectivity index is 0.000000521. The SMILES string of the molecule is CCC(=O)Cl.CCC(=O)N1C(=O)OC[C@@H]1Cc1ccccc1.CCC(=O)OC(C)(C)C.C[C@H](CC(=O)OC(C)(C)C)C(=O)N1C(=O)OC[C@@H]1Cc1ccccc1.C[C@H](CC(=O)OC(C)(C)C)C(=O)O.O=C1N[C@@H](Cc2ccccc2)CO1. The maximum Gasteiger partial charge on any atom is 0.416 e. The first-order valence-electron chi connectivity index (χ1n) is 27.3. The van der Waals surface area contributed by atoms with E-state index in [2.05, 4.69) is 5.32 Å². The van der Waals surface area contributed by atoms with Crippen molar-refractivity contribution in [2.45, 2.75) is 183 Å². The second-order valence-corrected chi connectivity index (χ2v) is 22.6. The summed E-state index contributed by atoms with van der Waals surface area (Å²) in [6, 6.07) is 29.1. The molecule has 3 saturated heterocycles. The van der Waals surface area contributed by atoms with Crippen LogP contribution in [0.5, 0.6) is 0 Å². The first-order chi connectivity index (χ1) is 38.2. The number of rotatable bonds is 15. The third-order valence-electron chi connectivity index (χ3n) is 11.0. The molecule has 5 atom stereocenters. The minimum absolute atomic E-state index is 0.0715. The number of benzene rings is 3. The van der Waals surface area contributed by atoms with Gasteiger partial charge in [0.25, 0.3) is 0 Å². The zero-order valence-electron chi connectivity index (χ0n) is 50.1. The van der Waals surface area contributed by atoms with Crippen LogP contribution in [0.2, 0.25) is 0 Å². The number of aliphatic carboxylic acids is 1. The van der Waals surface area contributed by atoms with E-state index < -0.39 is 59.0 Å². The van der Waals surface area contributed by atoms with E-state index in [0.717, 1.165) is 22.4 Å². The van der Waals surface area contributed by atoms with E-state index in [4.69, 9.17) is 45.1 Å². The van der Waals surface area contributed by atoms with Gasteiger partial charge in [-0.3, -0.25) is 33.6 Å². The number of ether oxygens (including phenoxy) is 6. The number of carbonyl (C=O) groups excluding carboxylic acids is 9. The molecule has 2 N–H and O–H groups in total. The van der Waals surface area contributed by atoms with Crippen molar-refractivity contribution in [3.05, 3.63) is 108 Å². The Morgan fingerprint density at radius 3 is 1.24 bits per heavy atom. The van der Waals surface area contributed by atoms with Crippen LogP contribution in [0.15, 0.2) is 91.0 Å². The summed E-state index contributed by atoms with van der Waals surface area (Å²) in [7, 11) is 0. The molecule has 20 nitrogen and oxygen atoms in total. The highest BCUT2D eigenvalue weighted by Gasteiger charge is 2.41. The Bertz CT molecular complexity index is 2510. The molecule has 0 aromatic heterocycles. The summed E-state index contributed by atoms with van der Waals surface area (Å²) in [6.07, 6.45) is 1.60. The lowest BCUT2D eigenvalue weighted by atomic mass is 10.0. The summed E-state index contributed by atoms with van der Waals surface area (Å²) in [5, 5.41) is 11.0. The van der Waals surface area contributed by atoms with Crippen molar-refractivity contribution in [1.82, 2.24) is 15.1 Å². The van der Waals surface area contributed by atoms with Gasteiger partial charge < -0.3 is 38.8 Å². The van der Waals surface area contributed by atoms with Crippen LogP contribution in [0.3, 0.4) is 0 Å². The zero-order valence-corrected chi connectivity index (χ0v) is 50.8. The molecule has 3 aliphatic heterocycles. The van der Waals surface area contributed by atoms with Crippen LogP contribution in [-0.2, 0) is 81.2 Å². The summed E-state index contributed by atoms with van der Waals surface area (Å²) in [6.45, 7) is 25.4. The fourth-order valence-electron chi connectivity index (χ4n) is 7.27. The number of amides is 5. The van der Waals surface area contributed by atoms with E-state index in [1.807, 2.05) is 112 Å². The molecule has 0 unspecified atom stereocenters. The molecule has 0 spiro atoms. The maximum absolute atomic E-state index is 12.7. The molecule has 5 amide bonds. The van der Waals surface area contributed by atoms with Crippen LogP contribution >= 0.6 is 11.6 Å². The number of hydrogen-bond donors (Lipinski definition) is 2. The van der Waals surface area contributed by atoms with Gasteiger partial charge in [0.05, 0.1) is 36.9 Å². The summed E-state index contributed by atoms with van der Waals surface area (Å²) >= 11 is 4.82. The van der Waals surface area contributed by atoms with Gasteiger partial charge in [0, 0.05) is 25.2 Å². The molecule has 454 valence electrons. The van der Waals surface area contributed by atoms with Gasteiger partial charge in [-0.1, -0.05) is 126 Å². The van der Waals surface area contributed by atoms with Crippen molar-refractivity contribution in [1.29, 1.82) is 0 Å². The van der Waals surface area contributed by atoms with Crippen LogP contribution < -0.4 is 5.32 Å². The number of carbonyl (C=O) groups is 10. The highest BCUT2D eigenvalue weighted by molar-refractivity contribution is 6.63. The zero-order chi connectivity index (χ0) is 62.4. The summed E-state index contributed by atoms with van der Waals surface area (Å²) in [4.78, 5) is 114. The number of alkyl carbamates (subject to hydrolysis) is 1. The predicted octanol–water partition coefficient (Wildman–Crippen LogP) is 10.6. The molecule has 0 bridgehead atoms. The largest absolute Gasteiger partial charge is 0.481 e. The summed E-state index contributed by atoms with van der Waals surface area (Å²) in [5.41, 5.74) is 1.86. The van der Waals surface area contributed by atoms with Gasteiger partial charge in [-0.15, -0.1) is 0 Å². The number of carboxylic acids is 1. The number of carboxylic acid groups (broad SMARTS) is 1. The van der Waals surface area contributed by atoms with Crippen LogP contribution in [0.1, 0.15) is 146 Å². The minimum Gasteiger partial charge on any atom is -0.481 e. The number of esters is 3. The van der Waals surface area contributed by atoms with Gasteiger partial charge in [0.1, 0.15) is 36.6 Å². The fourth-order valence-corrected chi connectivity index (χ4v) is 7.27.